The van der Waals surface area contributed by atoms with Crippen LogP contribution in [0.5, 0.6) is 0 Å². The SMILES string of the molecule is CSCC(C)CNc1c(N)n(C)c(=O)[nH]c1=O. The Hall–Kier alpha value is -1.37. The van der Waals surface area contributed by atoms with Crippen molar-refractivity contribution in [3.8, 4) is 0 Å². The number of aromatic nitrogens is 2. The van der Waals surface area contributed by atoms with Crippen LogP contribution in [0.2, 0.25) is 0 Å². The predicted molar refractivity (Wildman–Crippen MR) is 72.8 cm³/mol. The Balaban J connectivity index is 2.89. The van der Waals surface area contributed by atoms with Crippen LogP contribution in [0.4, 0.5) is 11.5 Å². The normalized spacial score (nSPS) is 12.4. The maximum Gasteiger partial charge on any atom is 0.329 e. The van der Waals surface area contributed by atoms with Gasteiger partial charge in [-0.1, -0.05) is 6.92 Å². The van der Waals surface area contributed by atoms with Gasteiger partial charge in [-0.25, -0.2) is 4.79 Å². The first-order valence-corrected chi connectivity index (χ1v) is 6.68. The molecule has 1 aromatic heterocycles. The Labute approximate surface area is 104 Å². The zero-order valence-corrected chi connectivity index (χ0v) is 11.1. The molecule has 1 heterocycles. The lowest BCUT2D eigenvalue weighted by molar-refractivity contribution is 0.698. The maximum atomic E-state index is 11.6. The summed E-state index contributed by atoms with van der Waals surface area (Å²) in [6.07, 6.45) is 2.03. The number of hydrogen-bond donors (Lipinski definition) is 3. The molecule has 0 aliphatic rings. The molecular formula is C10H18N4O2S. The fourth-order valence-electron chi connectivity index (χ4n) is 1.43. The van der Waals surface area contributed by atoms with E-state index >= 15 is 0 Å². The lowest BCUT2D eigenvalue weighted by Gasteiger charge is -2.14. The molecule has 0 fully saturated rings. The van der Waals surface area contributed by atoms with Gasteiger partial charge in [0.15, 0.2) is 0 Å². The van der Waals surface area contributed by atoms with Crippen molar-refractivity contribution in [1.82, 2.24) is 9.55 Å². The Morgan fingerprint density at radius 2 is 2.18 bits per heavy atom. The zero-order valence-electron chi connectivity index (χ0n) is 10.2. The van der Waals surface area contributed by atoms with Crippen molar-refractivity contribution in [2.45, 2.75) is 6.92 Å². The van der Waals surface area contributed by atoms with Crippen molar-refractivity contribution in [2.75, 3.05) is 29.6 Å². The second kappa shape index (κ2) is 5.81. The number of aromatic amines is 1. The number of nitrogens with zero attached hydrogens (tertiary/aromatic N) is 1. The first kappa shape index (κ1) is 13.7. The monoisotopic (exact) mass is 258 g/mol. The summed E-state index contributed by atoms with van der Waals surface area (Å²) in [7, 11) is 1.52. The lowest BCUT2D eigenvalue weighted by atomic mass is 10.2. The van der Waals surface area contributed by atoms with Crippen LogP contribution < -0.4 is 22.3 Å². The van der Waals surface area contributed by atoms with Gasteiger partial charge in [0.25, 0.3) is 5.56 Å². The Bertz CT molecular complexity index is 494. The molecule has 0 aromatic carbocycles. The number of nitrogen functional groups attached to an aromatic ring is 1. The molecule has 96 valence electrons. The molecule has 1 atom stereocenters. The first-order chi connectivity index (χ1) is 7.97. The molecule has 1 unspecified atom stereocenters. The Morgan fingerprint density at radius 1 is 1.53 bits per heavy atom. The van der Waals surface area contributed by atoms with Gasteiger partial charge in [-0.15, -0.1) is 0 Å². The molecule has 0 saturated carbocycles. The van der Waals surface area contributed by atoms with Crippen LogP contribution in [0, 0.1) is 5.92 Å². The number of thioether (sulfide) groups is 1. The third-order valence-corrected chi connectivity index (χ3v) is 3.35. The highest BCUT2D eigenvalue weighted by molar-refractivity contribution is 7.98. The standard InChI is InChI=1S/C10H18N4O2S/c1-6(5-17-3)4-12-7-8(11)14(2)10(16)13-9(7)15/h6,12H,4-5,11H2,1-3H3,(H,13,15,16). The predicted octanol–water partition coefficient (Wildman–Crippen LogP) is 0.0668. The van der Waals surface area contributed by atoms with Crippen LogP contribution in [0.25, 0.3) is 0 Å². The minimum Gasteiger partial charge on any atom is -0.383 e. The van der Waals surface area contributed by atoms with E-state index in [0.29, 0.717) is 12.5 Å². The topological polar surface area (TPSA) is 92.9 Å². The summed E-state index contributed by atoms with van der Waals surface area (Å²) in [5, 5.41) is 2.99. The van der Waals surface area contributed by atoms with Crippen molar-refractivity contribution in [1.29, 1.82) is 0 Å². The van der Waals surface area contributed by atoms with Gasteiger partial charge in [0.05, 0.1) is 0 Å². The number of hydrogen-bond acceptors (Lipinski definition) is 5. The molecule has 0 bridgehead atoms. The summed E-state index contributed by atoms with van der Waals surface area (Å²) in [6.45, 7) is 2.72. The third kappa shape index (κ3) is 3.29. The molecule has 0 aliphatic carbocycles. The molecule has 6 nitrogen and oxygen atoms in total. The molecule has 0 aliphatic heterocycles. The van der Waals surface area contributed by atoms with E-state index in [1.54, 1.807) is 11.8 Å². The summed E-state index contributed by atoms with van der Waals surface area (Å²) in [4.78, 5) is 25.0. The van der Waals surface area contributed by atoms with Crippen molar-refractivity contribution >= 4 is 23.3 Å². The number of nitrogens with two attached hydrogens (primary N) is 1. The molecule has 1 aromatic rings. The first-order valence-electron chi connectivity index (χ1n) is 5.29. The van der Waals surface area contributed by atoms with Crippen LogP contribution in [-0.2, 0) is 7.05 Å². The second-order valence-corrected chi connectivity index (χ2v) is 4.93. The van der Waals surface area contributed by atoms with Gasteiger partial charge < -0.3 is 11.1 Å². The van der Waals surface area contributed by atoms with Crippen molar-refractivity contribution in [3.05, 3.63) is 20.8 Å². The minimum absolute atomic E-state index is 0.162. The summed E-state index contributed by atoms with van der Waals surface area (Å²) in [5.74, 6) is 1.58. The smallest absolute Gasteiger partial charge is 0.329 e. The fraction of sp³-hybridized carbons (Fsp3) is 0.600. The third-order valence-electron chi connectivity index (χ3n) is 2.45. The van der Waals surface area contributed by atoms with Gasteiger partial charge in [0, 0.05) is 13.6 Å². The van der Waals surface area contributed by atoms with E-state index in [1.807, 2.05) is 6.26 Å². The Morgan fingerprint density at radius 3 is 2.76 bits per heavy atom. The average molecular weight is 258 g/mol. The maximum absolute atomic E-state index is 11.6. The second-order valence-electron chi connectivity index (χ2n) is 4.02. The van der Waals surface area contributed by atoms with E-state index in [9.17, 15) is 9.59 Å². The highest BCUT2D eigenvalue weighted by atomic mass is 32.2. The molecule has 0 saturated heterocycles. The largest absolute Gasteiger partial charge is 0.383 e. The molecule has 17 heavy (non-hydrogen) atoms. The molecular weight excluding hydrogens is 240 g/mol. The van der Waals surface area contributed by atoms with Gasteiger partial charge in [-0.3, -0.25) is 14.3 Å². The fourth-order valence-corrected chi connectivity index (χ4v) is 2.11. The van der Waals surface area contributed by atoms with Gasteiger partial charge in [0.2, 0.25) is 0 Å². The van der Waals surface area contributed by atoms with E-state index < -0.39 is 11.2 Å². The van der Waals surface area contributed by atoms with Gasteiger partial charge >= 0.3 is 5.69 Å². The molecule has 0 spiro atoms. The quantitative estimate of drug-likeness (QED) is 0.695. The van der Waals surface area contributed by atoms with Crippen LogP contribution >= 0.6 is 11.8 Å². The number of rotatable bonds is 5. The van der Waals surface area contributed by atoms with E-state index in [-0.39, 0.29) is 11.5 Å². The summed E-state index contributed by atoms with van der Waals surface area (Å²) in [5.41, 5.74) is 5.01. The van der Waals surface area contributed by atoms with Gasteiger partial charge in [-0.2, -0.15) is 11.8 Å². The highest BCUT2D eigenvalue weighted by Crippen LogP contribution is 2.10. The van der Waals surface area contributed by atoms with Crippen molar-refractivity contribution in [2.24, 2.45) is 13.0 Å². The van der Waals surface area contributed by atoms with Crippen LogP contribution in [0.15, 0.2) is 9.59 Å². The summed E-state index contributed by atoms with van der Waals surface area (Å²) < 4.78 is 1.21. The number of nitrogens with one attached hydrogen (secondary N) is 2. The van der Waals surface area contributed by atoms with Gasteiger partial charge in [0.1, 0.15) is 11.5 Å². The van der Waals surface area contributed by atoms with E-state index in [1.165, 1.54) is 11.6 Å². The zero-order chi connectivity index (χ0) is 13.0. The average Bonchev–Trinajstić information content (AvgIpc) is 2.26. The van der Waals surface area contributed by atoms with Crippen molar-refractivity contribution in [3.63, 3.8) is 0 Å². The molecule has 7 heteroatoms. The summed E-state index contributed by atoms with van der Waals surface area (Å²) >= 11 is 1.75. The van der Waals surface area contributed by atoms with E-state index in [2.05, 4.69) is 17.2 Å². The molecule has 4 N–H and O–H groups in total. The summed E-state index contributed by atoms with van der Waals surface area (Å²) in [6, 6.07) is 0. The molecule has 1 rings (SSSR count). The van der Waals surface area contributed by atoms with E-state index in [4.69, 9.17) is 5.73 Å². The van der Waals surface area contributed by atoms with Crippen molar-refractivity contribution < 1.29 is 0 Å². The Kier molecular flexibility index (Phi) is 4.68. The van der Waals surface area contributed by atoms with Crippen LogP contribution in [0.3, 0.4) is 0 Å². The molecule has 0 amide bonds. The highest BCUT2D eigenvalue weighted by Gasteiger charge is 2.10. The minimum atomic E-state index is -0.504. The van der Waals surface area contributed by atoms with Crippen LogP contribution in [-0.4, -0.2) is 28.1 Å². The lowest BCUT2D eigenvalue weighted by Crippen LogP contribution is -2.33. The number of H-pyrrole nitrogens is 1. The van der Waals surface area contributed by atoms with Crippen LogP contribution in [0.1, 0.15) is 6.92 Å². The van der Waals surface area contributed by atoms with Gasteiger partial charge in [-0.05, 0) is 17.9 Å². The molecule has 0 radical (unpaired) electrons. The number of anilines is 2. The van der Waals surface area contributed by atoms with E-state index in [0.717, 1.165) is 5.75 Å².